The highest BCUT2D eigenvalue weighted by molar-refractivity contribution is 5.93. The van der Waals surface area contributed by atoms with Crippen LogP contribution in [0.5, 0.6) is 0 Å². The fraction of sp³-hybridized carbons (Fsp3) is 0.500. The lowest BCUT2D eigenvalue weighted by Crippen LogP contribution is -2.28. The van der Waals surface area contributed by atoms with E-state index in [0.717, 1.165) is 43.4 Å². The first-order chi connectivity index (χ1) is 9.70. The number of amides is 2. The second-order valence-electron chi connectivity index (χ2n) is 5.83. The van der Waals surface area contributed by atoms with Gasteiger partial charge in [-0.2, -0.15) is 0 Å². The van der Waals surface area contributed by atoms with Crippen LogP contribution < -0.4 is 10.6 Å². The number of anilines is 1. The molecule has 0 aliphatic heterocycles. The molecular formula is C16H20N2O2. The summed E-state index contributed by atoms with van der Waals surface area (Å²) in [6.45, 7) is 0. The third-order valence-electron chi connectivity index (χ3n) is 4.00. The van der Waals surface area contributed by atoms with Crippen molar-refractivity contribution in [1.29, 1.82) is 0 Å². The van der Waals surface area contributed by atoms with Crippen molar-refractivity contribution >= 4 is 17.5 Å². The van der Waals surface area contributed by atoms with Crippen molar-refractivity contribution in [1.82, 2.24) is 5.32 Å². The third kappa shape index (κ3) is 3.38. The lowest BCUT2D eigenvalue weighted by Gasteiger charge is -2.24. The Morgan fingerprint density at radius 2 is 1.75 bits per heavy atom. The van der Waals surface area contributed by atoms with Crippen molar-refractivity contribution in [3.63, 3.8) is 0 Å². The second kappa shape index (κ2) is 5.65. The molecule has 0 heterocycles. The van der Waals surface area contributed by atoms with E-state index >= 15 is 0 Å². The number of nitrogens with one attached hydrogen (secondary N) is 2. The van der Waals surface area contributed by atoms with E-state index in [9.17, 15) is 9.59 Å². The Hall–Kier alpha value is -1.84. The molecule has 1 aromatic carbocycles. The van der Waals surface area contributed by atoms with Crippen molar-refractivity contribution in [3.8, 4) is 0 Å². The Morgan fingerprint density at radius 3 is 2.30 bits per heavy atom. The van der Waals surface area contributed by atoms with Gasteiger partial charge in [-0.1, -0.05) is 18.6 Å². The topological polar surface area (TPSA) is 58.2 Å². The minimum Gasteiger partial charge on any atom is -0.353 e. The summed E-state index contributed by atoms with van der Waals surface area (Å²) in [5.74, 6) is 0.397. The number of benzene rings is 1. The van der Waals surface area contributed by atoms with Gasteiger partial charge in [-0.05, 0) is 43.4 Å². The number of rotatable bonds is 5. The second-order valence-corrected chi connectivity index (χ2v) is 5.83. The maximum absolute atomic E-state index is 11.8. The molecule has 2 N–H and O–H groups in total. The molecule has 106 valence electrons. The molecular weight excluding hydrogens is 252 g/mol. The van der Waals surface area contributed by atoms with Crippen LogP contribution in [-0.2, 0) is 16.0 Å². The lowest BCUT2D eigenvalue weighted by atomic mass is 9.85. The summed E-state index contributed by atoms with van der Waals surface area (Å²) < 4.78 is 0. The summed E-state index contributed by atoms with van der Waals surface area (Å²) >= 11 is 0. The SMILES string of the molecule is O=C(Cc1ccc(NC(=O)C2CCC2)cc1)NC1CC1. The summed E-state index contributed by atoms with van der Waals surface area (Å²) in [6, 6.07) is 7.96. The van der Waals surface area contributed by atoms with Gasteiger partial charge in [0.25, 0.3) is 0 Å². The van der Waals surface area contributed by atoms with Crippen LogP contribution in [-0.4, -0.2) is 17.9 Å². The van der Waals surface area contributed by atoms with Gasteiger partial charge in [0.1, 0.15) is 0 Å². The van der Waals surface area contributed by atoms with E-state index in [0.29, 0.717) is 12.5 Å². The standard InChI is InChI=1S/C16H20N2O2/c19-15(17-13-8-9-13)10-11-4-6-14(7-5-11)18-16(20)12-2-1-3-12/h4-7,12-13H,1-3,8-10H2,(H,17,19)(H,18,20). The molecule has 3 rings (SSSR count). The van der Waals surface area contributed by atoms with Crippen LogP contribution in [0.4, 0.5) is 5.69 Å². The molecule has 4 nitrogen and oxygen atoms in total. The average molecular weight is 272 g/mol. The van der Waals surface area contributed by atoms with E-state index in [1.165, 1.54) is 0 Å². The molecule has 1 aromatic rings. The zero-order valence-corrected chi connectivity index (χ0v) is 11.5. The Bertz CT molecular complexity index is 502. The minimum absolute atomic E-state index is 0.0822. The third-order valence-corrected chi connectivity index (χ3v) is 4.00. The van der Waals surface area contributed by atoms with E-state index in [4.69, 9.17) is 0 Å². The van der Waals surface area contributed by atoms with Crippen molar-refractivity contribution in [2.24, 2.45) is 5.92 Å². The molecule has 20 heavy (non-hydrogen) atoms. The summed E-state index contributed by atoms with van der Waals surface area (Å²) in [4.78, 5) is 23.5. The van der Waals surface area contributed by atoms with E-state index in [-0.39, 0.29) is 17.7 Å². The van der Waals surface area contributed by atoms with Crippen molar-refractivity contribution in [2.45, 2.75) is 44.6 Å². The molecule has 0 saturated heterocycles. The molecule has 0 spiro atoms. The van der Waals surface area contributed by atoms with Crippen LogP contribution in [0.3, 0.4) is 0 Å². The lowest BCUT2D eigenvalue weighted by molar-refractivity contribution is -0.122. The fourth-order valence-electron chi connectivity index (χ4n) is 2.31. The fourth-order valence-corrected chi connectivity index (χ4v) is 2.31. The van der Waals surface area contributed by atoms with E-state index in [1.54, 1.807) is 0 Å². The first kappa shape index (κ1) is 13.2. The zero-order valence-electron chi connectivity index (χ0n) is 11.5. The minimum atomic E-state index is 0.0822. The Labute approximate surface area is 118 Å². The summed E-state index contributed by atoms with van der Waals surface area (Å²) in [5.41, 5.74) is 1.79. The highest BCUT2D eigenvalue weighted by Gasteiger charge is 2.25. The molecule has 2 aliphatic carbocycles. The first-order valence-electron chi connectivity index (χ1n) is 7.40. The predicted molar refractivity (Wildman–Crippen MR) is 77.3 cm³/mol. The van der Waals surface area contributed by atoms with E-state index in [2.05, 4.69) is 10.6 Å². The molecule has 0 atom stereocenters. The van der Waals surface area contributed by atoms with Crippen molar-refractivity contribution in [3.05, 3.63) is 29.8 Å². The summed E-state index contributed by atoms with van der Waals surface area (Å²) in [7, 11) is 0. The van der Waals surface area contributed by atoms with Crippen LogP contribution in [0, 0.1) is 5.92 Å². The molecule has 2 amide bonds. The molecule has 0 unspecified atom stereocenters. The molecule has 2 aliphatic rings. The quantitative estimate of drug-likeness (QED) is 0.863. The number of hydrogen-bond acceptors (Lipinski definition) is 2. The number of hydrogen-bond donors (Lipinski definition) is 2. The van der Waals surface area contributed by atoms with Gasteiger partial charge in [0.2, 0.25) is 11.8 Å². The molecule has 2 fully saturated rings. The zero-order chi connectivity index (χ0) is 13.9. The average Bonchev–Trinajstić information content (AvgIpc) is 3.13. The summed E-state index contributed by atoms with van der Waals surface area (Å²) in [6.07, 6.45) is 5.80. The normalized spacial score (nSPS) is 18.2. The van der Waals surface area contributed by atoms with Crippen LogP contribution in [0.1, 0.15) is 37.7 Å². The number of carbonyl (C=O) groups excluding carboxylic acids is 2. The monoisotopic (exact) mass is 272 g/mol. The van der Waals surface area contributed by atoms with Crippen LogP contribution in [0.25, 0.3) is 0 Å². The highest BCUT2D eigenvalue weighted by Crippen LogP contribution is 2.27. The van der Waals surface area contributed by atoms with Crippen LogP contribution in [0.2, 0.25) is 0 Å². The van der Waals surface area contributed by atoms with Gasteiger partial charge in [-0.3, -0.25) is 9.59 Å². The van der Waals surface area contributed by atoms with Gasteiger partial charge in [-0.15, -0.1) is 0 Å². The highest BCUT2D eigenvalue weighted by atomic mass is 16.2. The molecule has 0 bridgehead atoms. The van der Waals surface area contributed by atoms with Gasteiger partial charge < -0.3 is 10.6 Å². The molecule has 2 saturated carbocycles. The van der Waals surface area contributed by atoms with Crippen LogP contribution >= 0.6 is 0 Å². The molecule has 0 radical (unpaired) electrons. The summed E-state index contributed by atoms with van der Waals surface area (Å²) in [5, 5.41) is 5.90. The smallest absolute Gasteiger partial charge is 0.227 e. The van der Waals surface area contributed by atoms with Crippen LogP contribution in [0.15, 0.2) is 24.3 Å². The predicted octanol–water partition coefficient (Wildman–Crippen LogP) is 2.25. The largest absolute Gasteiger partial charge is 0.353 e. The van der Waals surface area contributed by atoms with Gasteiger partial charge in [0, 0.05) is 17.6 Å². The number of carbonyl (C=O) groups is 2. The van der Waals surface area contributed by atoms with Crippen molar-refractivity contribution < 1.29 is 9.59 Å². The first-order valence-corrected chi connectivity index (χ1v) is 7.40. The van der Waals surface area contributed by atoms with Gasteiger partial charge in [0.15, 0.2) is 0 Å². The molecule has 0 aromatic heterocycles. The van der Waals surface area contributed by atoms with E-state index in [1.807, 2.05) is 24.3 Å². The van der Waals surface area contributed by atoms with E-state index < -0.39 is 0 Å². The Morgan fingerprint density at radius 1 is 1.05 bits per heavy atom. The molecule has 4 heteroatoms. The van der Waals surface area contributed by atoms with Gasteiger partial charge in [0.05, 0.1) is 6.42 Å². The Balaban J connectivity index is 1.50. The van der Waals surface area contributed by atoms with Gasteiger partial charge in [-0.25, -0.2) is 0 Å². The maximum Gasteiger partial charge on any atom is 0.227 e. The van der Waals surface area contributed by atoms with Crippen molar-refractivity contribution in [2.75, 3.05) is 5.32 Å². The van der Waals surface area contributed by atoms with Gasteiger partial charge >= 0.3 is 0 Å². The maximum atomic E-state index is 11.8. The Kier molecular flexibility index (Phi) is 3.72.